The number of fused-ring (bicyclic) bond motifs is 2. The fourth-order valence-corrected chi connectivity index (χ4v) is 3.17. The first-order chi connectivity index (χ1) is 9.72. The molecule has 0 saturated carbocycles. The molecule has 2 unspecified atom stereocenters. The van der Waals surface area contributed by atoms with Crippen LogP contribution in [0.4, 0.5) is 0 Å². The number of rotatable bonds is 5. The van der Waals surface area contributed by atoms with Gasteiger partial charge >= 0.3 is 5.54 Å². The van der Waals surface area contributed by atoms with Crippen molar-refractivity contribution in [1.82, 2.24) is 10.2 Å². The zero-order chi connectivity index (χ0) is 15.8. The summed E-state index contributed by atoms with van der Waals surface area (Å²) in [6.45, 7) is 4.49. The Labute approximate surface area is 122 Å². The Balaban J connectivity index is 2.32. The second kappa shape index (κ2) is 5.21. The Morgan fingerprint density at radius 3 is 2.48 bits per heavy atom. The Morgan fingerprint density at radius 2 is 1.95 bits per heavy atom. The summed E-state index contributed by atoms with van der Waals surface area (Å²) in [6.07, 6.45) is 0.452. The quantitative estimate of drug-likeness (QED) is 0.559. The monoisotopic (exact) mass is 300 g/mol. The lowest BCUT2D eigenvalue weighted by Gasteiger charge is -2.45. The highest BCUT2D eigenvalue weighted by Gasteiger charge is 2.68. The van der Waals surface area contributed by atoms with Crippen molar-refractivity contribution in [3.63, 3.8) is 0 Å². The van der Waals surface area contributed by atoms with Crippen LogP contribution < -0.4 is 5.32 Å². The van der Waals surface area contributed by atoms with Crippen LogP contribution in [0.3, 0.4) is 0 Å². The minimum atomic E-state index is -1.90. The van der Waals surface area contributed by atoms with E-state index in [2.05, 4.69) is 5.32 Å². The number of piperidine rings is 2. The molecule has 2 heterocycles. The molecule has 0 aromatic heterocycles. The summed E-state index contributed by atoms with van der Waals surface area (Å²) in [5, 5.41) is 25.3. The lowest BCUT2D eigenvalue weighted by atomic mass is 9.74. The first-order valence-electron chi connectivity index (χ1n) is 7.01. The molecule has 9 nitrogen and oxygen atoms in total. The van der Waals surface area contributed by atoms with Gasteiger partial charge in [0.2, 0.25) is 0 Å². The first kappa shape index (κ1) is 15.6. The van der Waals surface area contributed by atoms with Crippen LogP contribution in [0.1, 0.15) is 26.7 Å². The van der Waals surface area contributed by atoms with Gasteiger partial charge in [0, 0.05) is 9.85 Å². The molecule has 2 saturated heterocycles. The number of nitro groups is 2. The fraction of sp³-hybridized carbons (Fsp3) is 0.917. The molecule has 2 fully saturated rings. The molecule has 0 aromatic rings. The molecule has 2 aliphatic heterocycles. The smallest absolute Gasteiger partial charge is 0.317 e. The van der Waals surface area contributed by atoms with E-state index in [0.29, 0.717) is 12.5 Å². The summed E-state index contributed by atoms with van der Waals surface area (Å²) < 4.78 is 0. The maximum Gasteiger partial charge on any atom is 0.317 e. The minimum Gasteiger partial charge on any atom is -0.343 e. The van der Waals surface area contributed by atoms with Crippen LogP contribution in [0.5, 0.6) is 0 Å². The van der Waals surface area contributed by atoms with Gasteiger partial charge in [0.1, 0.15) is 6.42 Å². The van der Waals surface area contributed by atoms with Crippen LogP contribution in [0.15, 0.2) is 0 Å². The number of nitrogens with zero attached hydrogens (tertiary/aromatic N) is 3. The molecule has 2 aliphatic rings. The largest absolute Gasteiger partial charge is 0.343 e. The van der Waals surface area contributed by atoms with Gasteiger partial charge in [-0.2, -0.15) is 0 Å². The maximum atomic E-state index is 12.0. The highest BCUT2D eigenvalue weighted by molar-refractivity contribution is 5.86. The molecule has 21 heavy (non-hydrogen) atoms. The van der Waals surface area contributed by atoms with Gasteiger partial charge in [-0.1, -0.05) is 13.8 Å². The molecule has 118 valence electrons. The highest BCUT2D eigenvalue weighted by atomic mass is 16.6. The van der Waals surface area contributed by atoms with Crippen molar-refractivity contribution < 1.29 is 14.6 Å². The van der Waals surface area contributed by atoms with Crippen molar-refractivity contribution in [2.75, 3.05) is 26.2 Å². The molecule has 0 aromatic carbocycles. The van der Waals surface area contributed by atoms with Gasteiger partial charge in [-0.3, -0.25) is 29.9 Å². The molecule has 0 aliphatic carbocycles. The van der Waals surface area contributed by atoms with Crippen molar-refractivity contribution in [2.24, 2.45) is 5.92 Å². The molecule has 2 bridgehead atoms. The normalized spacial score (nSPS) is 32.8. The van der Waals surface area contributed by atoms with E-state index in [-0.39, 0.29) is 26.1 Å². The Hall–Kier alpha value is -1.77. The van der Waals surface area contributed by atoms with Crippen LogP contribution in [-0.2, 0) is 4.79 Å². The molecular weight excluding hydrogens is 280 g/mol. The van der Waals surface area contributed by atoms with Gasteiger partial charge in [-0.25, -0.2) is 0 Å². The maximum absolute atomic E-state index is 12.0. The summed E-state index contributed by atoms with van der Waals surface area (Å²) in [5.41, 5.74) is -3.36. The molecule has 0 radical (unpaired) electrons. The summed E-state index contributed by atoms with van der Waals surface area (Å²) in [4.78, 5) is 35.5. The first-order valence-corrected chi connectivity index (χ1v) is 7.01. The van der Waals surface area contributed by atoms with Crippen molar-refractivity contribution in [3.05, 3.63) is 20.2 Å². The van der Waals surface area contributed by atoms with E-state index >= 15 is 0 Å². The molecular formula is C12H20N4O5. The molecule has 9 heteroatoms. The fourth-order valence-electron chi connectivity index (χ4n) is 3.17. The summed E-state index contributed by atoms with van der Waals surface area (Å²) in [6, 6.07) is 0. The van der Waals surface area contributed by atoms with Gasteiger partial charge in [-0.05, 0) is 18.9 Å². The Morgan fingerprint density at radius 1 is 1.29 bits per heavy atom. The number of amides is 1. The third-order valence-corrected chi connectivity index (χ3v) is 4.38. The molecule has 2 atom stereocenters. The third-order valence-electron chi connectivity index (χ3n) is 4.38. The Kier molecular flexibility index (Phi) is 3.87. The van der Waals surface area contributed by atoms with Gasteiger partial charge in [0.05, 0.1) is 19.6 Å². The van der Waals surface area contributed by atoms with Crippen molar-refractivity contribution in [1.29, 1.82) is 0 Å². The van der Waals surface area contributed by atoms with Crippen molar-refractivity contribution >= 4 is 5.91 Å². The number of hydrogen-bond donors (Lipinski definition) is 1. The van der Waals surface area contributed by atoms with Crippen LogP contribution >= 0.6 is 0 Å². The second-order valence-electron chi connectivity index (χ2n) is 6.52. The zero-order valence-electron chi connectivity index (χ0n) is 12.2. The minimum absolute atomic E-state index is 0.0614. The van der Waals surface area contributed by atoms with E-state index < -0.39 is 26.8 Å². The third kappa shape index (κ3) is 2.57. The van der Waals surface area contributed by atoms with Gasteiger partial charge in [-0.15, -0.1) is 0 Å². The van der Waals surface area contributed by atoms with Crippen molar-refractivity contribution in [3.8, 4) is 0 Å². The van der Waals surface area contributed by atoms with Gasteiger partial charge in [0.15, 0.2) is 0 Å². The van der Waals surface area contributed by atoms with E-state index in [0.717, 1.165) is 6.42 Å². The van der Waals surface area contributed by atoms with Gasteiger partial charge in [0.25, 0.3) is 11.4 Å². The average molecular weight is 300 g/mol. The highest BCUT2D eigenvalue weighted by Crippen LogP contribution is 2.36. The van der Waals surface area contributed by atoms with Crippen LogP contribution in [0.25, 0.3) is 0 Å². The topological polar surface area (TPSA) is 119 Å². The predicted molar refractivity (Wildman–Crippen MR) is 73.0 cm³/mol. The lowest BCUT2D eigenvalue weighted by molar-refractivity contribution is -0.618. The number of carbonyl (C=O) groups excluding carboxylic acids is 1. The number of carbonyl (C=O) groups is 1. The molecule has 0 spiro atoms. The van der Waals surface area contributed by atoms with E-state index in [1.54, 1.807) is 4.90 Å². The van der Waals surface area contributed by atoms with E-state index in [9.17, 15) is 25.0 Å². The lowest BCUT2D eigenvalue weighted by Crippen LogP contribution is -2.76. The summed E-state index contributed by atoms with van der Waals surface area (Å²) in [5.74, 6) is -0.321. The van der Waals surface area contributed by atoms with Gasteiger partial charge < -0.3 is 5.32 Å². The summed E-state index contributed by atoms with van der Waals surface area (Å²) in [7, 11) is 0. The van der Waals surface area contributed by atoms with E-state index in [1.165, 1.54) is 0 Å². The van der Waals surface area contributed by atoms with Crippen LogP contribution in [0.2, 0.25) is 0 Å². The SMILES string of the molecule is CC(C)CCN1CC2([N+](=O)[O-])CNC(=O)C([N+](=O)[O-])(C1)C2. The van der Waals surface area contributed by atoms with Crippen LogP contribution in [0, 0.1) is 26.1 Å². The average Bonchev–Trinajstić information content (AvgIpc) is 2.40. The number of likely N-dealkylation sites (tertiary alicyclic amines) is 1. The predicted octanol–water partition coefficient (Wildman–Crippen LogP) is -0.101. The van der Waals surface area contributed by atoms with E-state index in [1.807, 2.05) is 13.8 Å². The number of nitrogens with one attached hydrogen (secondary N) is 1. The molecule has 1 N–H and O–H groups in total. The summed E-state index contributed by atoms with van der Waals surface area (Å²) >= 11 is 0. The standard InChI is InChI=1S/C12H20N4O5/c1-9(2)3-4-14-7-11(15(18)19)5-12(8-14,16(20)21)10(17)13-6-11/h9H,3-8H2,1-2H3,(H,13,17). The second-order valence-corrected chi connectivity index (χ2v) is 6.52. The number of hydrogen-bond acceptors (Lipinski definition) is 6. The van der Waals surface area contributed by atoms with E-state index in [4.69, 9.17) is 0 Å². The van der Waals surface area contributed by atoms with Crippen LogP contribution in [-0.4, -0.2) is 57.9 Å². The van der Waals surface area contributed by atoms with Crippen molar-refractivity contribution in [2.45, 2.75) is 37.8 Å². The Bertz CT molecular complexity index is 482. The molecule has 2 rings (SSSR count). The zero-order valence-corrected chi connectivity index (χ0v) is 12.2. The molecule has 1 amide bonds.